The molecule has 0 radical (unpaired) electrons. The lowest BCUT2D eigenvalue weighted by Gasteiger charge is -2.17. The van der Waals surface area contributed by atoms with Gasteiger partial charge in [-0.1, -0.05) is 0 Å². The van der Waals surface area contributed by atoms with Crippen molar-refractivity contribution in [2.45, 2.75) is 13.3 Å². The van der Waals surface area contributed by atoms with Crippen molar-refractivity contribution in [2.24, 2.45) is 5.73 Å². The second-order valence-electron chi connectivity index (χ2n) is 3.89. The second kappa shape index (κ2) is 6.46. The van der Waals surface area contributed by atoms with Crippen LogP contribution in [0.15, 0.2) is 16.7 Å². The third-order valence-corrected chi connectivity index (χ3v) is 4.67. The number of pyridine rings is 1. The largest absolute Gasteiger partial charge is 0.330 e. The minimum absolute atomic E-state index is 0.301. The molecule has 1 aromatic heterocycles. The number of hydrogen-bond acceptors (Lipinski definition) is 4. The van der Waals surface area contributed by atoms with Crippen LogP contribution in [0.4, 0.5) is 5.82 Å². The minimum atomic E-state index is -3.57. The second-order valence-corrected chi connectivity index (χ2v) is 6.52. The Bertz CT molecular complexity index is 507. The molecule has 0 aliphatic heterocycles. The summed E-state index contributed by atoms with van der Waals surface area (Å²) in [7, 11) is -2.06. The van der Waals surface area contributed by atoms with Crippen LogP contribution in [0.25, 0.3) is 0 Å². The SMILES string of the molecule is Cc1cc(NS(=O)(=O)N(C)CCCN)ncc1Br. The van der Waals surface area contributed by atoms with Gasteiger partial charge in [-0.05, 0) is 47.4 Å². The zero-order chi connectivity index (χ0) is 13.8. The minimum Gasteiger partial charge on any atom is -0.330 e. The van der Waals surface area contributed by atoms with Gasteiger partial charge in [0.1, 0.15) is 5.82 Å². The van der Waals surface area contributed by atoms with Crippen molar-refractivity contribution in [1.29, 1.82) is 0 Å². The number of aromatic nitrogens is 1. The van der Waals surface area contributed by atoms with Gasteiger partial charge in [0, 0.05) is 24.3 Å². The van der Waals surface area contributed by atoms with Crippen molar-refractivity contribution in [3.05, 3.63) is 22.3 Å². The van der Waals surface area contributed by atoms with Crippen LogP contribution in [-0.2, 0) is 10.2 Å². The maximum atomic E-state index is 11.9. The molecule has 1 heterocycles. The Kier molecular flexibility index (Phi) is 5.51. The molecule has 0 aliphatic rings. The average molecular weight is 337 g/mol. The quantitative estimate of drug-likeness (QED) is 0.813. The van der Waals surface area contributed by atoms with Gasteiger partial charge in [0.25, 0.3) is 0 Å². The van der Waals surface area contributed by atoms with Crippen molar-refractivity contribution in [1.82, 2.24) is 9.29 Å². The Morgan fingerprint density at radius 3 is 2.78 bits per heavy atom. The van der Waals surface area contributed by atoms with Gasteiger partial charge in [-0.2, -0.15) is 12.7 Å². The van der Waals surface area contributed by atoms with E-state index in [4.69, 9.17) is 5.73 Å². The maximum absolute atomic E-state index is 11.9. The molecule has 1 aromatic rings. The number of hydrogen-bond donors (Lipinski definition) is 2. The monoisotopic (exact) mass is 336 g/mol. The van der Waals surface area contributed by atoms with E-state index in [1.165, 1.54) is 11.4 Å². The summed E-state index contributed by atoms with van der Waals surface area (Å²) < 4.78 is 28.3. The van der Waals surface area contributed by atoms with Crippen molar-refractivity contribution >= 4 is 32.0 Å². The van der Waals surface area contributed by atoms with E-state index in [2.05, 4.69) is 25.6 Å². The third-order valence-electron chi connectivity index (χ3n) is 2.37. The summed E-state index contributed by atoms with van der Waals surface area (Å²) in [5, 5.41) is 0. The molecule has 0 spiro atoms. The van der Waals surface area contributed by atoms with Gasteiger partial charge in [-0.15, -0.1) is 0 Å². The molecule has 0 amide bonds. The van der Waals surface area contributed by atoms with E-state index in [0.717, 1.165) is 10.0 Å². The summed E-state index contributed by atoms with van der Waals surface area (Å²) in [5.74, 6) is 0.301. The van der Waals surface area contributed by atoms with E-state index in [9.17, 15) is 8.42 Å². The van der Waals surface area contributed by atoms with Crippen molar-refractivity contribution < 1.29 is 8.42 Å². The van der Waals surface area contributed by atoms with Gasteiger partial charge < -0.3 is 5.73 Å². The highest BCUT2D eigenvalue weighted by molar-refractivity contribution is 9.10. The zero-order valence-corrected chi connectivity index (χ0v) is 12.8. The molecule has 0 aliphatic carbocycles. The number of aryl methyl sites for hydroxylation is 1. The molecule has 3 N–H and O–H groups in total. The first-order valence-corrected chi connectivity index (χ1v) is 7.66. The van der Waals surface area contributed by atoms with Crippen LogP contribution >= 0.6 is 15.9 Å². The Hall–Kier alpha value is -0.700. The summed E-state index contributed by atoms with van der Waals surface area (Å²) in [6.45, 7) is 2.69. The predicted octanol–water partition coefficient (Wildman–Crippen LogP) is 1.09. The summed E-state index contributed by atoms with van der Waals surface area (Å²) in [5.41, 5.74) is 6.26. The van der Waals surface area contributed by atoms with Crippen molar-refractivity contribution in [3.63, 3.8) is 0 Å². The van der Waals surface area contributed by atoms with Gasteiger partial charge in [0.15, 0.2) is 0 Å². The molecule has 18 heavy (non-hydrogen) atoms. The molecule has 0 saturated carbocycles. The molecule has 0 bridgehead atoms. The summed E-state index contributed by atoms with van der Waals surface area (Å²) >= 11 is 3.31. The molecule has 0 fully saturated rings. The number of nitrogens with zero attached hydrogens (tertiary/aromatic N) is 2. The van der Waals surface area contributed by atoms with E-state index in [1.54, 1.807) is 12.3 Å². The number of nitrogens with two attached hydrogens (primary N) is 1. The number of nitrogens with one attached hydrogen (secondary N) is 1. The molecule has 6 nitrogen and oxygen atoms in total. The van der Waals surface area contributed by atoms with E-state index < -0.39 is 10.2 Å². The Labute approximate surface area is 116 Å². The lowest BCUT2D eigenvalue weighted by Crippen LogP contribution is -2.34. The highest BCUT2D eigenvalue weighted by Crippen LogP contribution is 2.18. The van der Waals surface area contributed by atoms with Crippen LogP contribution < -0.4 is 10.5 Å². The molecule has 0 saturated heterocycles. The first-order valence-electron chi connectivity index (χ1n) is 5.43. The Balaban J connectivity index is 2.78. The highest BCUT2D eigenvalue weighted by Gasteiger charge is 2.17. The fraction of sp³-hybridized carbons (Fsp3) is 0.500. The molecule has 0 unspecified atom stereocenters. The summed E-state index contributed by atoms with van der Waals surface area (Å²) in [4.78, 5) is 4.00. The molecule has 102 valence electrons. The number of rotatable bonds is 6. The van der Waals surface area contributed by atoms with Crippen molar-refractivity contribution in [3.8, 4) is 0 Å². The Morgan fingerprint density at radius 2 is 2.22 bits per heavy atom. The molecular weight excluding hydrogens is 320 g/mol. The zero-order valence-electron chi connectivity index (χ0n) is 10.4. The van der Waals surface area contributed by atoms with E-state index in [0.29, 0.717) is 25.3 Å². The highest BCUT2D eigenvalue weighted by atomic mass is 79.9. The van der Waals surface area contributed by atoms with E-state index in [-0.39, 0.29) is 0 Å². The fourth-order valence-corrected chi connectivity index (χ4v) is 2.36. The van der Waals surface area contributed by atoms with E-state index in [1.807, 2.05) is 6.92 Å². The lowest BCUT2D eigenvalue weighted by atomic mass is 10.3. The van der Waals surface area contributed by atoms with Crippen LogP contribution in [0, 0.1) is 6.92 Å². The predicted molar refractivity (Wildman–Crippen MR) is 75.5 cm³/mol. The first-order chi connectivity index (χ1) is 8.36. The van der Waals surface area contributed by atoms with Crippen LogP contribution in [0.3, 0.4) is 0 Å². The summed E-state index contributed by atoms with van der Waals surface area (Å²) in [6, 6.07) is 1.67. The van der Waals surface area contributed by atoms with Crippen LogP contribution in [0.5, 0.6) is 0 Å². The lowest BCUT2D eigenvalue weighted by molar-refractivity contribution is 0.468. The molecule has 0 aromatic carbocycles. The number of anilines is 1. The van der Waals surface area contributed by atoms with Gasteiger partial charge in [-0.3, -0.25) is 4.72 Å². The van der Waals surface area contributed by atoms with Crippen LogP contribution in [0.2, 0.25) is 0 Å². The third kappa shape index (κ3) is 4.20. The smallest absolute Gasteiger partial charge is 0.302 e. The van der Waals surface area contributed by atoms with Crippen molar-refractivity contribution in [2.75, 3.05) is 24.9 Å². The van der Waals surface area contributed by atoms with E-state index >= 15 is 0 Å². The average Bonchev–Trinajstić information content (AvgIpc) is 2.30. The topological polar surface area (TPSA) is 88.3 Å². The Morgan fingerprint density at radius 1 is 1.56 bits per heavy atom. The van der Waals surface area contributed by atoms with Crippen LogP contribution in [0.1, 0.15) is 12.0 Å². The normalized spacial score (nSPS) is 11.8. The molecular formula is C10H17BrN4O2S. The maximum Gasteiger partial charge on any atom is 0.302 e. The van der Waals surface area contributed by atoms with Gasteiger partial charge in [0.05, 0.1) is 0 Å². The summed E-state index contributed by atoms with van der Waals surface area (Å²) in [6.07, 6.45) is 2.18. The molecule has 8 heteroatoms. The number of halogens is 1. The first kappa shape index (κ1) is 15.4. The van der Waals surface area contributed by atoms with Gasteiger partial charge in [-0.25, -0.2) is 4.98 Å². The van der Waals surface area contributed by atoms with Crippen LogP contribution in [-0.4, -0.2) is 37.8 Å². The van der Waals surface area contributed by atoms with Gasteiger partial charge >= 0.3 is 10.2 Å². The molecule has 1 rings (SSSR count). The molecule has 0 atom stereocenters. The van der Waals surface area contributed by atoms with Gasteiger partial charge in [0.2, 0.25) is 0 Å². The fourth-order valence-electron chi connectivity index (χ4n) is 1.24. The standard InChI is InChI=1S/C10H17BrN4O2S/c1-8-6-10(13-7-9(8)11)14-18(16,17)15(2)5-3-4-12/h6-7H,3-5,12H2,1-2H3,(H,13,14).